The Balaban J connectivity index is 0.00000120. The molecule has 1 fully saturated rings. The van der Waals surface area contributed by atoms with Gasteiger partial charge in [-0.3, -0.25) is 0 Å². The number of hydrogen-bond acceptors (Lipinski definition) is 4. The van der Waals surface area contributed by atoms with Crippen LogP contribution in [0.5, 0.6) is 5.75 Å². The van der Waals surface area contributed by atoms with E-state index in [1.807, 2.05) is 12.1 Å². The van der Waals surface area contributed by atoms with Crippen LogP contribution in [0.25, 0.3) is 11.0 Å². The van der Waals surface area contributed by atoms with Gasteiger partial charge in [0.1, 0.15) is 11.9 Å². The lowest BCUT2D eigenvalue weighted by Gasteiger charge is -2.32. The van der Waals surface area contributed by atoms with Crippen molar-refractivity contribution < 1.29 is 4.74 Å². The van der Waals surface area contributed by atoms with Crippen molar-refractivity contribution in [3.05, 3.63) is 54.1 Å². The summed E-state index contributed by atoms with van der Waals surface area (Å²) in [6.07, 6.45) is 3.71. The van der Waals surface area contributed by atoms with E-state index in [4.69, 9.17) is 9.72 Å². The summed E-state index contributed by atoms with van der Waals surface area (Å²) in [5.74, 6) is 2.80. The Hall–Kier alpha value is -1.95. The molecule has 1 saturated heterocycles. The standard InChI is InChI=1S/C22H26N4O.2ClH/c1-4-8-21-17(5-1)13-18(27-21)15-23-14-16-9-11-26(12-10-16)22-24-19-6-2-3-7-20(19)25-22;;/h1-8,16,18,23H,9-15H2,(H,24,25);2*1H. The lowest BCUT2D eigenvalue weighted by molar-refractivity contribution is 0.222. The second-order valence-electron chi connectivity index (χ2n) is 7.72. The minimum atomic E-state index is 0. The van der Waals surface area contributed by atoms with Gasteiger partial charge in [-0.25, -0.2) is 4.98 Å². The van der Waals surface area contributed by atoms with E-state index in [1.54, 1.807) is 0 Å². The third-order valence-electron chi connectivity index (χ3n) is 5.81. The molecule has 5 nitrogen and oxygen atoms in total. The number of nitrogens with one attached hydrogen (secondary N) is 2. The van der Waals surface area contributed by atoms with Crippen molar-refractivity contribution in [2.24, 2.45) is 5.92 Å². The van der Waals surface area contributed by atoms with Crippen LogP contribution in [0.4, 0.5) is 5.95 Å². The molecule has 156 valence electrons. The summed E-state index contributed by atoms with van der Waals surface area (Å²) in [4.78, 5) is 10.6. The van der Waals surface area contributed by atoms with Gasteiger partial charge in [0.2, 0.25) is 5.95 Å². The van der Waals surface area contributed by atoms with Crippen molar-refractivity contribution in [2.45, 2.75) is 25.4 Å². The van der Waals surface area contributed by atoms with Gasteiger partial charge in [-0.05, 0) is 49.1 Å². The van der Waals surface area contributed by atoms with Gasteiger partial charge in [-0.15, -0.1) is 24.8 Å². The van der Waals surface area contributed by atoms with Gasteiger partial charge in [0.25, 0.3) is 0 Å². The zero-order chi connectivity index (χ0) is 18.1. The van der Waals surface area contributed by atoms with Gasteiger partial charge in [0.05, 0.1) is 11.0 Å². The summed E-state index contributed by atoms with van der Waals surface area (Å²) >= 11 is 0. The molecule has 2 aliphatic heterocycles. The highest BCUT2D eigenvalue weighted by Crippen LogP contribution is 2.28. The first-order valence-corrected chi connectivity index (χ1v) is 10.00. The number of rotatable bonds is 5. The van der Waals surface area contributed by atoms with E-state index in [9.17, 15) is 0 Å². The van der Waals surface area contributed by atoms with Crippen LogP contribution in [-0.4, -0.2) is 42.3 Å². The maximum Gasteiger partial charge on any atom is 0.203 e. The average molecular weight is 435 g/mol. The lowest BCUT2D eigenvalue weighted by atomic mass is 9.97. The van der Waals surface area contributed by atoms with E-state index in [0.29, 0.717) is 0 Å². The highest BCUT2D eigenvalue weighted by atomic mass is 35.5. The molecule has 0 aliphatic carbocycles. The molecule has 3 aromatic rings. The average Bonchev–Trinajstić information content (AvgIpc) is 3.32. The molecule has 0 bridgehead atoms. The minimum Gasteiger partial charge on any atom is -0.488 e. The monoisotopic (exact) mass is 434 g/mol. The van der Waals surface area contributed by atoms with Crippen molar-refractivity contribution in [3.63, 3.8) is 0 Å². The van der Waals surface area contributed by atoms with Crippen molar-refractivity contribution in [3.8, 4) is 5.75 Å². The zero-order valence-electron chi connectivity index (χ0n) is 16.3. The van der Waals surface area contributed by atoms with E-state index in [-0.39, 0.29) is 30.9 Å². The van der Waals surface area contributed by atoms with Crippen LogP contribution in [0, 0.1) is 5.92 Å². The Morgan fingerprint density at radius 2 is 1.76 bits per heavy atom. The van der Waals surface area contributed by atoms with Gasteiger partial charge in [0.15, 0.2) is 0 Å². The molecule has 1 aromatic heterocycles. The molecule has 5 rings (SSSR count). The summed E-state index contributed by atoms with van der Waals surface area (Å²) in [5.41, 5.74) is 3.51. The van der Waals surface area contributed by atoms with Crippen LogP contribution >= 0.6 is 24.8 Å². The second-order valence-corrected chi connectivity index (χ2v) is 7.72. The lowest BCUT2D eigenvalue weighted by Crippen LogP contribution is -2.39. The Morgan fingerprint density at radius 3 is 2.55 bits per heavy atom. The zero-order valence-corrected chi connectivity index (χ0v) is 18.0. The molecule has 2 N–H and O–H groups in total. The molecular formula is C22H28Cl2N4O. The number of aromatic nitrogens is 2. The SMILES string of the molecule is Cl.Cl.c1ccc2c(c1)CC(CNCC1CCN(c3nc4ccccc4[nH]3)CC1)O2. The summed E-state index contributed by atoms with van der Waals surface area (Å²) in [7, 11) is 0. The fraction of sp³-hybridized carbons (Fsp3) is 0.409. The predicted molar refractivity (Wildman–Crippen MR) is 123 cm³/mol. The quantitative estimate of drug-likeness (QED) is 0.630. The highest BCUT2D eigenvalue weighted by Gasteiger charge is 2.24. The normalized spacial score (nSPS) is 18.6. The van der Waals surface area contributed by atoms with E-state index in [2.05, 4.69) is 51.6 Å². The molecular weight excluding hydrogens is 407 g/mol. The van der Waals surface area contributed by atoms with Crippen LogP contribution in [0.15, 0.2) is 48.5 Å². The Bertz CT molecular complexity index is 866. The number of imidazole rings is 1. The molecule has 0 amide bonds. The van der Waals surface area contributed by atoms with Crippen molar-refractivity contribution in [2.75, 3.05) is 31.1 Å². The number of hydrogen-bond donors (Lipinski definition) is 2. The van der Waals surface area contributed by atoms with Crippen LogP contribution in [-0.2, 0) is 6.42 Å². The number of anilines is 1. The van der Waals surface area contributed by atoms with Gasteiger partial charge in [0, 0.05) is 26.1 Å². The summed E-state index contributed by atoms with van der Waals surface area (Å²) in [6, 6.07) is 16.6. The largest absolute Gasteiger partial charge is 0.488 e. The van der Waals surface area contributed by atoms with Gasteiger partial charge >= 0.3 is 0 Å². The molecule has 2 aromatic carbocycles. The molecule has 7 heteroatoms. The third kappa shape index (κ3) is 4.80. The Morgan fingerprint density at radius 1 is 1.00 bits per heavy atom. The maximum absolute atomic E-state index is 6.02. The minimum absolute atomic E-state index is 0. The number of halogens is 2. The molecule has 0 radical (unpaired) electrons. The maximum atomic E-state index is 6.02. The van der Waals surface area contributed by atoms with Gasteiger partial charge in [-0.2, -0.15) is 0 Å². The number of fused-ring (bicyclic) bond motifs is 2. The van der Waals surface area contributed by atoms with Crippen LogP contribution < -0.4 is 15.0 Å². The molecule has 1 unspecified atom stereocenters. The van der Waals surface area contributed by atoms with Crippen LogP contribution in [0.2, 0.25) is 0 Å². The number of para-hydroxylation sites is 3. The van der Waals surface area contributed by atoms with Crippen molar-refractivity contribution in [1.82, 2.24) is 15.3 Å². The van der Waals surface area contributed by atoms with Crippen LogP contribution in [0.1, 0.15) is 18.4 Å². The highest BCUT2D eigenvalue weighted by molar-refractivity contribution is 5.85. The fourth-order valence-electron chi connectivity index (χ4n) is 4.25. The predicted octanol–water partition coefficient (Wildman–Crippen LogP) is 4.22. The molecule has 0 spiro atoms. The summed E-state index contributed by atoms with van der Waals surface area (Å²) < 4.78 is 6.02. The molecule has 3 heterocycles. The Kier molecular flexibility index (Phi) is 7.28. The second kappa shape index (κ2) is 9.70. The van der Waals surface area contributed by atoms with Crippen molar-refractivity contribution in [1.29, 1.82) is 0 Å². The number of ether oxygens (including phenoxy) is 1. The van der Waals surface area contributed by atoms with E-state index >= 15 is 0 Å². The fourth-order valence-corrected chi connectivity index (χ4v) is 4.25. The number of piperidine rings is 1. The number of nitrogens with zero attached hydrogens (tertiary/aromatic N) is 2. The first-order chi connectivity index (χ1) is 13.3. The molecule has 2 aliphatic rings. The first kappa shape index (κ1) is 21.8. The summed E-state index contributed by atoms with van der Waals surface area (Å²) in [6.45, 7) is 4.14. The smallest absolute Gasteiger partial charge is 0.203 e. The van der Waals surface area contributed by atoms with Crippen molar-refractivity contribution >= 4 is 41.8 Å². The van der Waals surface area contributed by atoms with E-state index in [1.165, 1.54) is 18.4 Å². The number of H-pyrrole nitrogens is 1. The molecule has 0 saturated carbocycles. The molecule has 29 heavy (non-hydrogen) atoms. The van der Waals surface area contributed by atoms with E-state index < -0.39 is 0 Å². The van der Waals surface area contributed by atoms with Crippen LogP contribution in [0.3, 0.4) is 0 Å². The number of benzene rings is 2. The third-order valence-corrected chi connectivity index (χ3v) is 5.81. The van der Waals surface area contributed by atoms with Gasteiger partial charge in [-0.1, -0.05) is 30.3 Å². The van der Waals surface area contributed by atoms with E-state index in [0.717, 1.165) is 61.2 Å². The molecule has 1 atom stereocenters. The number of aromatic amines is 1. The summed E-state index contributed by atoms with van der Waals surface area (Å²) in [5, 5.41) is 3.64. The first-order valence-electron chi connectivity index (χ1n) is 10.00. The Labute approximate surface area is 184 Å². The topological polar surface area (TPSA) is 53.2 Å². The van der Waals surface area contributed by atoms with Gasteiger partial charge < -0.3 is 19.9 Å².